The van der Waals surface area contributed by atoms with E-state index in [0.717, 1.165) is 37.5 Å². The molecule has 15 nitrogen and oxygen atoms in total. The smallest absolute Gasteiger partial charge is 0.459 e. The molecular weight excluding hydrogens is 631 g/mol. The molecule has 3 heterocycles. The van der Waals surface area contributed by atoms with E-state index in [1.54, 1.807) is 12.1 Å². The third-order valence-corrected chi connectivity index (χ3v) is 10.2. The van der Waals surface area contributed by atoms with E-state index in [-0.39, 0.29) is 34.8 Å². The van der Waals surface area contributed by atoms with E-state index in [9.17, 15) is 19.6 Å². The van der Waals surface area contributed by atoms with Gasteiger partial charge in [0.15, 0.2) is 17.4 Å². The molecule has 1 saturated heterocycles. The lowest BCUT2D eigenvalue weighted by molar-refractivity contribution is -0.152. The fourth-order valence-corrected chi connectivity index (χ4v) is 7.52. The molecule has 6 atom stereocenters. The van der Waals surface area contributed by atoms with Crippen molar-refractivity contribution in [1.82, 2.24) is 24.6 Å². The molecule has 47 heavy (non-hydrogen) atoms. The molecule has 0 bridgehead atoms. The number of aliphatic hydroxyl groups is 2. The summed E-state index contributed by atoms with van der Waals surface area (Å²) in [6.07, 6.45) is 1.79. The highest BCUT2D eigenvalue weighted by atomic mass is 31.2. The van der Waals surface area contributed by atoms with Gasteiger partial charge in [0.05, 0.1) is 20.0 Å². The van der Waals surface area contributed by atoms with Crippen molar-refractivity contribution in [2.45, 2.75) is 82.1 Å². The van der Waals surface area contributed by atoms with Gasteiger partial charge in [-0.05, 0) is 51.0 Å². The zero-order valence-electron chi connectivity index (χ0n) is 26.3. The van der Waals surface area contributed by atoms with Gasteiger partial charge in [-0.3, -0.25) is 13.9 Å². The van der Waals surface area contributed by atoms with E-state index >= 15 is 0 Å². The minimum absolute atomic E-state index is 0.0945. The number of benzene rings is 2. The van der Waals surface area contributed by atoms with Gasteiger partial charge in [-0.15, -0.1) is 0 Å². The molecule has 2 aromatic carbocycles. The van der Waals surface area contributed by atoms with E-state index in [4.69, 9.17) is 29.0 Å². The first-order valence-electron chi connectivity index (χ1n) is 15.5. The summed E-state index contributed by atoms with van der Waals surface area (Å²) < 4.78 is 44.8. The van der Waals surface area contributed by atoms with E-state index in [1.807, 2.05) is 30.3 Å². The molecule has 4 aromatic rings. The number of rotatable bonds is 11. The zero-order valence-corrected chi connectivity index (χ0v) is 27.2. The van der Waals surface area contributed by atoms with Crippen LogP contribution in [0, 0.1) is 0 Å². The van der Waals surface area contributed by atoms with Gasteiger partial charge in [0.1, 0.15) is 35.7 Å². The normalized spacial score (nSPS) is 25.4. The molecule has 0 amide bonds. The lowest BCUT2D eigenvalue weighted by Gasteiger charge is -2.28. The Balaban J connectivity index is 1.24. The van der Waals surface area contributed by atoms with Crippen molar-refractivity contribution in [3.63, 3.8) is 0 Å². The number of aliphatic hydroxyl groups excluding tert-OH is 1. The second-order valence-corrected chi connectivity index (χ2v) is 13.7. The number of aromatic nitrogens is 4. The number of nitrogens with two attached hydrogens (primary N) is 1. The average Bonchev–Trinajstić information content (AvgIpc) is 3.57. The summed E-state index contributed by atoms with van der Waals surface area (Å²) in [6, 6.07) is 11.6. The molecule has 1 unspecified atom stereocenters. The minimum atomic E-state index is -4.36. The van der Waals surface area contributed by atoms with Gasteiger partial charge >= 0.3 is 13.7 Å². The SMILES string of the molecule is COc1nc(N)nc2c1ncn2[C@@H]1O[C@H](COP(=O)(N[C@@H](C)C(=O)OC2CCCCC2)Oc2cccc3ccccc23)[C@@H](O)[C@@]1(C)O. The third-order valence-electron chi connectivity index (χ3n) is 8.52. The van der Waals surface area contributed by atoms with Crippen molar-refractivity contribution in [2.75, 3.05) is 19.5 Å². The van der Waals surface area contributed by atoms with Crippen molar-refractivity contribution in [3.05, 3.63) is 48.8 Å². The Morgan fingerprint density at radius 3 is 2.70 bits per heavy atom. The standard InChI is InChI=1S/C31H39N6O9P/c1-18(28(39)44-20-12-5-4-6-13-20)36-47(41,46-22-15-9-11-19-10-7-8-14-21(19)22)43-16-23-25(38)31(2,40)29(45-23)37-17-33-24-26(37)34-30(32)35-27(24)42-3/h7-11,14-15,17-18,20,23,25,29,38,40H,4-6,12-13,16H2,1-3H3,(H,36,41)(H2,32,34,35)/t18-,23+,25+,29+,31+,47?/m0/s1. The lowest BCUT2D eigenvalue weighted by Crippen LogP contribution is -2.44. The Bertz CT molecular complexity index is 1790. The molecule has 252 valence electrons. The highest BCUT2D eigenvalue weighted by Gasteiger charge is 2.54. The number of hydrogen-bond donors (Lipinski definition) is 4. The molecule has 5 N–H and O–H groups in total. The Morgan fingerprint density at radius 2 is 1.94 bits per heavy atom. The number of fused-ring (bicyclic) bond motifs is 2. The average molecular weight is 671 g/mol. The molecule has 16 heteroatoms. The van der Waals surface area contributed by atoms with E-state index in [1.165, 1.54) is 31.9 Å². The first-order chi connectivity index (χ1) is 22.5. The van der Waals surface area contributed by atoms with Gasteiger partial charge in [0.2, 0.25) is 11.8 Å². The minimum Gasteiger partial charge on any atom is -0.479 e. The van der Waals surface area contributed by atoms with Crippen LogP contribution in [0.2, 0.25) is 0 Å². The maximum Gasteiger partial charge on any atom is 0.459 e. The largest absolute Gasteiger partial charge is 0.479 e. The van der Waals surface area contributed by atoms with Gasteiger partial charge in [-0.25, -0.2) is 9.55 Å². The van der Waals surface area contributed by atoms with Crippen molar-refractivity contribution >= 4 is 41.6 Å². The maximum absolute atomic E-state index is 14.4. The van der Waals surface area contributed by atoms with Gasteiger partial charge in [0, 0.05) is 5.39 Å². The predicted molar refractivity (Wildman–Crippen MR) is 171 cm³/mol. The van der Waals surface area contributed by atoms with Crippen LogP contribution in [0.1, 0.15) is 52.2 Å². The van der Waals surface area contributed by atoms with Gasteiger partial charge in [0.25, 0.3) is 0 Å². The Kier molecular flexibility index (Phi) is 9.38. The summed E-state index contributed by atoms with van der Waals surface area (Å²) in [6.45, 7) is 2.39. The summed E-state index contributed by atoms with van der Waals surface area (Å²) in [5.41, 5.74) is 4.43. The second kappa shape index (κ2) is 13.3. The fourth-order valence-electron chi connectivity index (χ4n) is 6.00. The predicted octanol–water partition coefficient (Wildman–Crippen LogP) is 3.64. The molecule has 0 spiro atoms. The number of nitrogen functional groups attached to an aromatic ring is 1. The third kappa shape index (κ3) is 6.77. The van der Waals surface area contributed by atoms with Crippen molar-refractivity contribution < 1.29 is 42.8 Å². The van der Waals surface area contributed by atoms with Crippen LogP contribution in [0.15, 0.2) is 48.8 Å². The first kappa shape index (κ1) is 33.1. The molecule has 6 rings (SSSR count). The number of ether oxygens (including phenoxy) is 3. The number of nitrogens with one attached hydrogen (secondary N) is 1. The number of carbonyl (C=O) groups is 1. The number of methoxy groups -OCH3 is 1. The Morgan fingerprint density at radius 1 is 1.19 bits per heavy atom. The van der Waals surface area contributed by atoms with Gasteiger partial charge in [-0.1, -0.05) is 42.8 Å². The highest BCUT2D eigenvalue weighted by Crippen LogP contribution is 2.48. The summed E-state index contributed by atoms with van der Waals surface area (Å²) in [5.74, 6) is -0.312. The molecule has 1 saturated carbocycles. The molecule has 2 fully saturated rings. The molecule has 2 aromatic heterocycles. The van der Waals surface area contributed by atoms with E-state index in [2.05, 4.69) is 20.0 Å². The highest BCUT2D eigenvalue weighted by molar-refractivity contribution is 7.52. The van der Waals surface area contributed by atoms with Crippen molar-refractivity contribution in [1.29, 1.82) is 0 Å². The number of hydrogen-bond acceptors (Lipinski definition) is 13. The lowest BCUT2D eigenvalue weighted by atomic mass is 9.96. The number of esters is 1. The van der Waals surface area contributed by atoms with Crippen molar-refractivity contribution in [3.8, 4) is 11.6 Å². The van der Waals surface area contributed by atoms with Crippen LogP contribution in [0.5, 0.6) is 11.6 Å². The second-order valence-electron chi connectivity index (χ2n) is 12.0. The number of carbonyl (C=O) groups excluding carboxylic acids is 1. The summed E-state index contributed by atoms with van der Waals surface area (Å²) in [4.78, 5) is 25.6. The number of anilines is 1. The molecule has 1 aliphatic heterocycles. The van der Waals surface area contributed by atoms with Gasteiger partial charge in [-0.2, -0.15) is 15.1 Å². The quantitative estimate of drug-likeness (QED) is 0.133. The monoisotopic (exact) mass is 670 g/mol. The first-order valence-corrected chi connectivity index (χ1v) is 17.0. The Hall–Kier alpha value is -3.85. The van der Waals surface area contributed by atoms with Crippen LogP contribution in [0.4, 0.5) is 5.95 Å². The summed E-state index contributed by atoms with van der Waals surface area (Å²) >= 11 is 0. The van der Waals surface area contributed by atoms with Crippen LogP contribution >= 0.6 is 7.75 Å². The van der Waals surface area contributed by atoms with Gasteiger partial charge < -0.3 is 34.7 Å². The topological polar surface area (TPSA) is 202 Å². The zero-order chi connectivity index (χ0) is 33.3. The molecule has 1 aliphatic carbocycles. The van der Waals surface area contributed by atoms with Crippen LogP contribution in [-0.2, 0) is 23.4 Å². The molecule has 0 radical (unpaired) electrons. The summed E-state index contributed by atoms with van der Waals surface area (Å²) in [7, 11) is -2.96. The Labute approximate surface area is 270 Å². The molecular formula is C31H39N6O9P. The fraction of sp³-hybridized carbons (Fsp3) is 0.484. The number of nitrogens with zero attached hydrogens (tertiary/aromatic N) is 4. The van der Waals surface area contributed by atoms with E-state index in [0.29, 0.717) is 5.39 Å². The summed E-state index contributed by atoms with van der Waals surface area (Å²) in [5, 5.41) is 26.8. The van der Waals surface area contributed by atoms with Crippen LogP contribution < -0.4 is 20.1 Å². The van der Waals surface area contributed by atoms with Crippen LogP contribution in [0.3, 0.4) is 0 Å². The maximum atomic E-state index is 14.4. The molecule has 2 aliphatic rings. The van der Waals surface area contributed by atoms with Crippen LogP contribution in [0.25, 0.3) is 21.9 Å². The van der Waals surface area contributed by atoms with E-state index < -0.39 is 50.4 Å². The number of imidazole rings is 1. The van der Waals surface area contributed by atoms with Crippen molar-refractivity contribution in [2.24, 2.45) is 0 Å². The van der Waals surface area contributed by atoms with Crippen LogP contribution in [-0.4, -0.2) is 79.4 Å².